The van der Waals surface area contributed by atoms with E-state index in [9.17, 15) is 9.59 Å². The van der Waals surface area contributed by atoms with E-state index < -0.39 is 0 Å². The molecule has 8 heteroatoms. The summed E-state index contributed by atoms with van der Waals surface area (Å²) in [5.41, 5.74) is 3.25. The number of aryl methyl sites for hydroxylation is 1. The standard InChI is InChI=1S/C30H41N5O3/c1-7-9-12-19-34(29(37)31-25-14-11-10-13-22(25)8-2)21-28(36)32-27-20-26(30(3,4)5)33-35(27)23-15-17-24(38-6)18-16-23/h10-11,13-18,20H,7-9,12,19,21H2,1-6H3,(H,31,37)(H,32,36). The number of urea groups is 1. The lowest BCUT2D eigenvalue weighted by Crippen LogP contribution is -2.41. The van der Waals surface area contributed by atoms with Crippen molar-refractivity contribution in [1.29, 1.82) is 0 Å². The smallest absolute Gasteiger partial charge is 0.322 e. The Morgan fingerprint density at radius 2 is 1.71 bits per heavy atom. The van der Waals surface area contributed by atoms with Crippen molar-refractivity contribution in [3.8, 4) is 11.4 Å². The van der Waals surface area contributed by atoms with Crippen molar-refractivity contribution >= 4 is 23.4 Å². The average Bonchev–Trinajstić information content (AvgIpc) is 3.32. The maximum absolute atomic E-state index is 13.3. The molecule has 3 aromatic rings. The van der Waals surface area contributed by atoms with Gasteiger partial charge in [-0.25, -0.2) is 9.48 Å². The van der Waals surface area contributed by atoms with Crippen LogP contribution in [0.15, 0.2) is 54.6 Å². The van der Waals surface area contributed by atoms with Gasteiger partial charge >= 0.3 is 6.03 Å². The summed E-state index contributed by atoms with van der Waals surface area (Å²) >= 11 is 0. The monoisotopic (exact) mass is 519 g/mol. The first kappa shape index (κ1) is 28.8. The number of nitrogens with one attached hydrogen (secondary N) is 2. The summed E-state index contributed by atoms with van der Waals surface area (Å²) in [6, 6.07) is 16.8. The molecule has 0 aliphatic rings. The Balaban J connectivity index is 1.82. The SMILES string of the molecule is CCCCCN(CC(=O)Nc1cc(C(C)(C)C)nn1-c1ccc(OC)cc1)C(=O)Nc1ccccc1CC. The number of anilines is 2. The molecule has 1 heterocycles. The third kappa shape index (κ3) is 7.60. The second-order valence-electron chi connectivity index (χ2n) is 10.4. The Morgan fingerprint density at radius 1 is 1.00 bits per heavy atom. The molecule has 38 heavy (non-hydrogen) atoms. The highest BCUT2D eigenvalue weighted by molar-refractivity contribution is 5.97. The Labute approximate surface area is 226 Å². The van der Waals surface area contributed by atoms with E-state index in [2.05, 4.69) is 45.3 Å². The minimum Gasteiger partial charge on any atom is -0.497 e. The predicted octanol–water partition coefficient (Wildman–Crippen LogP) is 6.40. The van der Waals surface area contributed by atoms with Crippen LogP contribution >= 0.6 is 0 Å². The molecule has 204 valence electrons. The zero-order valence-corrected chi connectivity index (χ0v) is 23.5. The Bertz CT molecular complexity index is 1210. The normalized spacial score (nSPS) is 11.2. The summed E-state index contributed by atoms with van der Waals surface area (Å²) in [5, 5.41) is 10.8. The van der Waals surface area contributed by atoms with Gasteiger partial charge in [0.25, 0.3) is 0 Å². The number of ether oxygens (including phenoxy) is 1. The first-order valence-electron chi connectivity index (χ1n) is 13.3. The number of nitrogens with zero attached hydrogens (tertiary/aromatic N) is 3. The van der Waals surface area contributed by atoms with Crippen LogP contribution in [0.1, 0.15) is 65.1 Å². The second kappa shape index (κ2) is 13.1. The molecule has 0 atom stereocenters. The molecule has 3 rings (SSSR count). The molecule has 0 spiro atoms. The molecule has 0 bridgehead atoms. The van der Waals surface area contributed by atoms with Crippen molar-refractivity contribution in [1.82, 2.24) is 14.7 Å². The number of carbonyl (C=O) groups excluding carboxylic acids is 2. The van der Waals surface area contributed by atoms with Gasteiger partial charge in [0.15, 0.2) is 0 Å². The van der Waals surface area contributed by atoms with Crippen LogP contribution in [0.3, 0.4) is 0 Å². The lowest BCUT2D eigenvalue weighted by molar-refractivity contribution is -0.116. The molecule has 2 aromatic carbocycles. The minimum absolute atomic E-state index is 0.0670. The molecular weight excluding hydrogens is 478 g/mol. The molecular formula is C30H41N5O3. The third-order valence-corrected chi connectivity index (χ3v) is 6.36. The van der Waals surface area contributed by atoms with Crippen LogP contribution < -0.4 is 15.4 Å². The fourth-order valence-electron chi connectivity index (χ4n) is 4.06. The number of methoxy groups -OCH3 is 1. The van der Waals surface area contributed by atoms with E-state index in [0.717, 1.165) is 54.1 Å². The van der Waals surface area contributed by atoms with Gasteiger partial charge in [-0.05, 0) is 48.7 Å². The van der Waals surface area contributed by atoms with Crippen LogP contribution in [-0.2, 0) is 16.6 Å². The number of para-hydroxylation sites is 1. The van der Waals surface area contributed by atoms with Gasteiger partial charge < -0.3 is 20.3 Å². The van der Waals surface area contributed by atoms with E-state index in [1.165, 1.54) is 0 Å². The van der Waals surface area contributed by atoms with Crippen molar-refractivity contribution in [2.75, 3.05) is 30.8 Å². The molecule has 2 N–H and O–H groups in total. The minimum atomic E-state index is -0.282. The molecule has 8 nitrogen and oxygen atoms in total. The van der Waals surface area contributed by atoms with Crippen molar-refractivity contribution in [2.45, 2.75) is 65.7 Å². The Morgan fingerprint density at radius 3 is 2.34 bits per heavy atom. The van der Waals surface area contributed by atoms with Crippen LogP contribution in [-0.4, -0.2) is 46.8 Å². The highest BCUT2D eigenvalue weighted by Crippen LogP contribution is 2.27. The highest BCUT2D eigenvalue weighted by atomic mass is 16.5. The van der Waals surface area contributed by atoms with Crippen molar-refractivity contribution in [3.63, 3.8) is 0 Å². The maximum Gasteiger partial charge on any atom is 0.322 e. The van der Waals surface area contributed by atoms with Crippen LogP contribution in [0.25, 0.3) is 5.69 Å². The molecule has 0 unspecified atom stereocenters. The van der Waals surface area contributed by atoms with Crippen LogP contribution in [0.2, 0.25) is 0 Å². The number of hydrogen-bond acceptors (Lipinski definition) is 4. The summed E-state index contributed by atoms with van der Waals surface area (Å²) < 4.78 is 7.00. The van der Waals surface area contributed by atoms with Crippen molar-refractivity contribution in [2.24, 2.45) is 0 Å². The molecule has 0 fully saturated rings. The largest absolute Gasteiger partial charge is 0.497 e. The fraction of sp³-hybridized carbons (Fsp3) is 0.433. The van der Waals surface area contributed by atoms with Gasteiger partial charge in [0.05, 0.1) is 18.5 Å². The van der Waals surface area contributed by atoms with E-state index in [1.807, 2.05) is 54.6 Å². The van der Waals surface area contributed by atoms with Crippen LogP contribution in [0.4, 0.5) is 16.3 Å². The van der Waals surface area contributed by atoms with Crippen LogP contribution in [0.5, 0.6) is 5.75 Å². The highest BCUT2D eigenvalue weighted by Gasteiger charge is 2.23. The van der Waals surface area contributed by atoms with Crippen molar-refractivity contribution in [3.05, 3.63) is 65.9 Å². The van der Waals surface area contributed by atoms with Gasteiger partial charge in [0, 0.05) is 23.7 Å². The van der Waals surface area contributed by atoms with Crippen LogP contribution in [0, 0.1) is 0 Å². The van der Waals surface area contributed by atoms with Gasteiger partial charge in [0.2, 0.25) is 5.91 Å². The molecule has 0 aliphatic carbocycles. The molecule has 3 amide bonds. The summed E-state index contributed by atoms with van der Waals surface area (Å²) in [5.74, 6) is 1.01. The molecule has 0 saturated heterocycles. The molecule has 0 radical (unpaired) electrons. The first-order valence-corrected chi connectivity index (χ1v) is 13.3. The number of carbonyl (C=O) groups is 2. The Kier molecular flexibility index (Phi) is 9.93. The summed E-state index contributed by atoms with van der Waals surface area (Å²) in [4.78, 5) is 28.1. The van der Waals surface area contributed by atoms with E-state index in [4.69, 9.17) is 9.84 Å². The first-order chi connectivity index (χ1) is 18.2. The van der Waals surface area contributed by atoms with Gasteiger partial charge in [-0.15, -0.1) is 0 Å². The molecule has 0 saturated carbocycles. The second-order valence-corrected chi connectivity index (χ2v) is 10.4. The van der Waals surface area contributed by atoms with E-state index in [0.29, 0.717) is 12.4 Å². The molecule has 0 aliphatic heterocycles. The quantitative estimate of drug-likeness (QED) is 0.287. The number of hydrogen-bond donors (Lipinski definition) is 2. The summed E-state index contributed by atoms with van der Waals surface area (Å²) in [6.45, 7) is 10.8. The van der Waals surface area contributed by atoms with Gasteiger partial charge in [-0.3, -0.25) is 4.79 Å². The zero-order valence-electron chi connectivity index (χ0n) is 23.5. The van der Waals surface area contributed by atoms with E-state index >= 15 is 0 Å². The summed E-state index contributed by atoms with van der Waals surface area (Å²) in [7, 11) is 1.62. The lowest BCUT2D eigenvalue weighted by Gasteiger charge is -2.23. The Hall–Kier alpha value is -3.81. The predicted molar refractivity (Wildman–Crippen MR) is 153 cm³/mol. The lowest BCUT2D eigenvalue weighted by atomic mass is 9.92. The number of aromatic nitrogens is 2. The number of amides is 3. The third-order valence-electron chi connectivity index (χ3n) is 6.36. The number of benzene rings is 2. The van der Waals surface area contributed by atoms with Gasteiger partial charge in [0.1, 0.15) is 18.1 Å². The fourth-order valence-corrected chi connectivity index (χ4v) is 4.06. The number of unbranched alkanes of at least 4 members (excludes halogenated alkanes) is 2. The van der Waals surface area contributed by atoms with Gasteiger partial charge in [-0.1, -0.05) is 65.7 Å². The topological polar surface area (TPSA) is 88.5 Å². The van der Waals surface area contributed by atoms with E-state index in [1.54, 1.807) is 16.7 Å². The summed E-state index contributed by atoms with van der Waals surface area (Å²) in [6.07, 6.45) is 3.63. The van der Waals surface area contributed by atoms with Gasteiger partial charge in [-0.2, -0.15) is 5.10 Å². The average molecular weight is 520 g/mol. The molecule has 1 aromatic heterocycles. The van der Waals surface area contributed by atoms with E-state index in [-0.39, 0.29) is 23.9 Å². The number of rotatable bonds is 11. The zero-order chi connectivity index (χ0) is 27.7. The van der Waals surface area contributed by atoms with Crippen molar-refractivity contribution < 1.29 is 14.3 Å². The maximum atomic E-state index is 13.3.